The number of nitrogens with one attached hydrogen (secondary N) is 1. The fourth-order valence-corrected chi connectivity index (χ4v) is 3.73. The summed E-state index contributed by atoms with van der Waals surface area (Å²) in [6.07, 6.45) is 6.80. The fourth-order valence-electron chi connectivity index (χ4n) is 3.73. The summed E-state index contributed by atoms with van der Waals surface area (Å²) in [6, 6.07) is 10.9. The topological polar surface area (TPSA) is 21.3 Å². The smallest absolute Gasteiger partial charge is 0.0574 e. The van der Waals surface area contributed by atoms with Crippen LogP contribution in [0.3, 0.4) is 0 Å². The molecule has 2 heteroatoms. The van der Waals surface area contributed by atoms with Crippen molar-refractivity contribution in [3.05, 3.63) is 35.9 Å². The molecule has 0 aliphatic heterocycles. The highest BCUT2D eigenvalue weighted by Crippen LogP contribution is 2.41. The van der Waals surface area contributed by atoms with Crippen molar-refractivity contribution in [3.63, 3.8) is 0 Å². The first-order chi connectivity index (χ1) is 9.33. The van der Waals surface area contributed by atoms with E-state index in [-0.39, 0.29) is 5.41 Å². The Bertz CT molecular complexity index is 351. The monoisotopic (exact) mass is 261 g/mol. The van der Waals surface area contributed by atoms with Crippen LogP contribution in [0.1, 0.15) is 37.7 Å². The van der Waals surface area contributed by atoms with Gasteiger partial charge in [-0.25, -0.2) is 0 Å². The minimum atomic E-state index is 0.130. The van der Waals surface area contributed by atoms with Crippen molar-refractivity contribution < 1.29 is 4.74 Å². The van der Waals surface area contributed by atoms with Gasteiger partial charge in [0.15, 0.2) is 0 Å². The van der Waals surface area contributed by atoms with Crippen LogP contribution in [0, 0.1) is 5.92 Å². The molecule has 0 heterocycles. The molecule has 2 rings (SSSR count). The molecule has 0 aromatic heterocycles. The molecule has 2 nitrogen and oxygen atoms in total. The number of methoxy groups -OCH3 is 1. The summed E-state index contributed by atoms with van der Waals surface area (Å²) in [5, 5.41) is 3.41. The number of ether oxygens (including phenoxy) is 1. The van der Waals surface area contributed by atoms with Gasteiger partial charge in [0.25, 0.3) is 0 Å². The van der Waals surface area contributed by atoms with E-state index in [1.807, 2.05) is 7.11 Å². The van der Waals surface area contributed by atoms with Gasteiger partial charge < -0.3 is 10.1 Å². The molecule has 0 radical (unpaired) electrons. The highest BCUT2D eigenvalue weighted by molar-refractivity contribution is 5.28. The van der Waals surface area contributed by atoms with Crippen molar-refractivity contribution in [1.29, 1.82) is 0 Å². The number of likely N-dealkylation sites (N-methyl/N-ethyl adjacent to an activating group) is 1. The summed E-state index contributed by atoms with van der Waals surface area (Å²) in [5.74, 6) is 0.732. The van der Waals surface area contributed by atoms with Crippen molar-refractivity contribution in [1.82, 2.24) is 5.32 Å². The maximum absolute atomic E-state index is 5.63. The zero-order valence-corrected chi connectivity index (χ0v) is 12.3. The Kier molecular flexibility index (Phi) is 5.41. The summed E-state index contributed by atoms with van der Waals surface area (Å²) in [6.45, 7) is 1.80. The summed E-state index contributed by atoms with van der Waals surface area (Å²) in [5.41, 5.74) is 1.56. The molecule has 0 spiro atoms. The van der Waals surface area contributed by atoms with Crippen molar-refractivity contribution in [2.24, 2.45) is 5.92 Å². The number of hydrogen-bond donors (Lipinski definition) is 1. The van der Waals surface area contributed by atoms with E-state index in [9.17, 15) is 0 Å². The van der Waals surface area contributed by atoms with Gasteiger partial charge in [0.05, 0.1) is 6.61 Å². The van der Waals surface area contributed by atoms with E-state index >= 15 is 0 Å². The Labute approximate surface area is 117 Å². The summed E-state index contributed by atoms with van der Waals surface area (Å²) < 4.78 is 5.63. The number of benzene rings is 1. The molecule has 1 N–H and O–H groups in total. The van der Waals surface area contributed by atoms with E-state index in [4.69, 9.17) is 4.74 Å². The maximum atomic E-state index is 5.63. The van der Waals surface area contributed by atoms with E-state index in [1.165, 1.54) is 37.7 Å². The minimum absolute atomic E-state index is 0.130. The summed E-state index contributed by atoms with van der Waals surface area (Å²) >= 11 is 0. The predicted octanol–water partition coefficient (Wildman–Crippen LogP) is 3.37. The minimum Gasteiger partial charge on any atom is -0.384 e. The Hall–Kier alpha value is -0.860. The fraction of sp³-hybridized carbons (Fsp3) is 0.647. The van der Waals surface area contributed by atoms with Crippen LogP contribution in [-0.4, -0.2) is 27.3 Å². The Balaban J connectivity index is 2.34. The molecular weight excluding hydrogens is 234 g/mol. The zero-order chi connectivity index (χ0) is 13.6. The molecule has 1 aromatic carbocycles. The van der Waals surface area contributed by atoms with Crippen molar-refractivity contribution in [2.75, 3.05) is 27.3 Å². The second-order valence-electron chi connectivity index (χ2n) is 5.82. The quantitative estimate of drug-likeness (QED) is 0.847. The van der Waals surface area contributed by atoms with E-state index in [0.717, 1.165) is 19.1 Å². The molecular formula is C17H27NO. The number of rotatable bonds is 6. The first-order valence-electron chi connectivity index (χ1n) is 7.52. The molecule has 19 heavy (non-hydrogen) atoms. The van der Waals surface area contributed by atoms with Gasteiger partial charge in [-0.2, -0.15) is 0 Å². The van der Waals surface area contributed by atoms with Crippen LogP contribution in [0.4, 0.5) is 0 Å². The second-order valence-corrected chi connectivity index (χ2v) is 5.82. The van der Waals surface area contributed by atoms with Crippen LogP contribution in [0.2, 0.25) is 0 Å². The van der Waals surface area contributed by atoms with Gasteiger partial charge >= 0.3 is 0 Å². The molecule has 1 aliphatic rings. The predicted molar refractivity (Wildman–Crippen MR) is 80.5 cm³/mol. The van der Waals surface area contributed by atoms with Gasteiger partial charge in [-0.3, -0.25) is 0 Å². The molecule has 1 unspecified atom stereocenters. The van der Waals surface area contributed by atoms with Crippen LogP contribution < -0.4 is 5.32 Å². The Morgan fingerprint density at radius 2 is 1.84 bits per heavy atom. The third kappa shape index (κ3) is 3.18. The van der Waals surface area contributed by atoms with Gasteiger partial charge in [0.1, 0.15) is 0 Å². The zero-order valence-electron chi connectivity index (χ0n) is 12.3. The average molecular weight is 261 g/mol. The van der Waals surface area contributed by atoms with Crippen molar-refractivity contribution in [2.45, 2.75) is 37.5 Å². The highest BCUT2D eigenvalue weighted by Gasteiger charge is 2.40. The summed E-state index contributed by atoms with van der Waals surface area (Å²) in [4.78, 5) is 0. The second kappa shape index (κ2) is 7.06. The molecule has 0 saturated heterocycles. The lowest BCUT2D eigenvalue weighted by atomic mass is 9.65. The lowest BCUT2D eigenvalue weighted by Crippen LogP contribution is -2.47. The molecule has 1 aromatic rings. The first-order valence-corrected chi connectivity index (χ1v) is 7.52. The number of hydrogen-bond acceptors (Lipinski definition) is 2. The maximum Gasteiger partial charge on any atom is 0.0574 e. The van der Waals surface area contributed by atoms with Crippen LogP contribution in [0.25, 0.3) is 0 Å². The lowest BCUT2D eigenvalue weighted by molar-refractivity contribution is 0.0738. The Morgan fingerprint density at radius 1 is 1.16 bits per heavy atom. The van der Waals surface area contributed by atoms with E-state index < -0.39 is 0 Å². The van der Waals surface area contributed by atoms with E-state index in [2.05, 4.69) is 42.7 Å². The normalized spacial score (nSPS) is 20.1. The molecule has 1 atom stereocenters. The van der Waals surface area contributed by atoms with E-state index in [1.54, 1.807) is 0 Å². The van der Waals surface area contributed by atoms with E-state index in [0.29, 0.717) is 0 Å². The Morgan fingerprint density at radius 3 is 2.42 bits per heavy atom. The molecule has 1 aliphatic carbocycles. The van der Waals surface area contributed by atoms with Gasteiger partial charge in [0.2, 0.25) is 0 Å². The average Bonchev–Trinajstić information content (AvgIpc) is 2.49. The third-order valence-electron chi connectivity index (χ3n) is 4.63. The van der Waals surface area contributed by atoms with Gasteiger partial charge in [-0.1, -0.05) is 49.6 Å². The molecule has 1 saturated carbocycles. The van der Waals surface area contributed by atoms with Gasteiger partial charge in [-0.05, 0) is 31.4 Å². The molecule has 1 fully saturated rings. The molecule has 106 valence electrons. The molecule has 0 bridgehead atoms. The van der Waals surface area contributed by atoms with Gasteiger partial charge in [-0.15, -0.1) is 0 Å². The largest absolute Gasteiger partial charge is 0.384 e. The SMILES string of the molecule is CNCC(COC)(c1ccccc1)C1CCCCC1. The van der Waals surface area contributed by atoms with Crippen molar-refractivity contribution in [3.8, 4) is 0 Å². The van der Waals surface area contributed by atoms with Crippen LogP contribution in [0.5, 0.6) is 0 Å². The first kappa shape index (κ1) is 14.5. The lowest BCUT2D eigenvalue weighted by Gasteiger charge is -2.43. The van der Waals surface area contributed by atoms with Crippen molar-refractivity contribution >= 4 is 0 Å². The van der Waals surface area contributed by atoms with Crippen LogP contribution in [-0.2, 0) is 10.2 Å². The van der Waals surface area contributed by atoms with Gasteiger partial charge in [0, 0.05) is 19.1 Å². The standard InChI is InChI=1S/C17H27NO/c1-18-13-17(14-19-2,15-9-5-3-6-10-15)16-11-7-4-8-12-16/h3,5-6,9-10,16,18H,4,7-8,11-14H2,1-2H3. The summed E-state index contributed by atoms with van der Waals surface area (Å²) in [7, 11) is 3.88. The van der Waals surface area contributed by atoms with Crippen LogP contribution in [0.15, 0.2) is 30.3 Å². The molecule has 0 amide bonds. The third-order valence-corrected chi connectivity index (χ3v) is 4.63. The highest BCUT2D eigenvalue weighted by atomic mass is 16.5. The van der Waals surface area contributed by atoms with Crippen LogP contribution >= 0.6 is 0 Å².